The molecule has 2 N–H and O–H groups in total. The molecule has 8 heteroatoms. The van der Waals surface area contributed by atoms with Gasteiger partial charge in [-0.3, -0.25) is 9.59 Å². The Morgan fingerprint density at radius 3 is 2.58 bits per heavy atom. The normalized spacial score (nSPS) is 12.6. The second-order valence-corrected chi connectivity index (χ2v) is 8.67. The molecule has 0 saturated carbocycles. The lowest BCUT2D eigenvalue weighted by Crippen LogP contribution is -2.28. The molecule has 5 rings (SSSR count). The number of aromatic nitrogens is 2. The third-order valence-electron chi connectivity index (χ3n) is 5.48. The Bertz CT molecular complexity index is 1490. The summed E-state index contributed by atoms with van der Waals surface area (Å²) in [5, 5.41) is 13.0. The van der Waals surface area contributed by atoms with Crippen LogP contribution in [0.15, 0.2) is 86.4 Å². The van der Waals surface area contributed by atoms with Crippen LogP contribution in [0.1, 0.15) is 29.9 Å². The number of carbonyl (C=O) groups excluding carboxylic acids is 1. The first-order valence-corrected chi connectivity index (χ1v) is 11.4. The molecule has 0 bridgehead atoms. The monoisotopic (exact) mass is 455 g/mol. The lowest BCUT2D eigenvalue weighted by atomic mass is 10.1. The number of rotatable bonds is 4. The molecule has 4 aromatic rings. The number of hydrogen-bond acceptors (Lipinski definition) is 6. The fourth-order valence-electron chi connectivity index (χ4n) is 3.73. The summed E-state index contributed by atoms with van der Waals surface area (Å²) in [5.74, 6) is -0.465. The summed E-state index contributed by atoms with van der Waals surface area (Å²) in [6.07, 6.45) is 0. The average Bonchev–Trinajstić information content (AvgIpc) is 2.85. The van der Waals surface area contributed by atoms with E-state index in [-0.39, 0.29) is 11.3 Å². The number of hydrazone groups is 1. The molecule has 0 atom stereocenters. The summed E-state index contributed by atoms with van der Waals surface area (Å²) in [6.45, 7) is 4.02. The number of nitrogens with one attached hydrogen (secondary N) is 2. The molecule has 1 aliphatic heterocycles. The van der Waals surface area contributed by atoms with Gasteiger partial charge >= 0.3 is 0 Å². The molecule has 1 aliphatic rings. The second kappa shape index (κ2) is 8.55. The van der Waals surface area contributed by atoms with E-state index in [0.717, 1.165) is 21.8 Å². The van der Waals surface area contributed by atoms with E-state index in [9.17, 15) is 9.59 Å². The quantitative estimate of drug-likeness (QED) is 0.301. The van der Waals surface area contributed by atoms with Crippen molar-refractivity contribution < 1.29 is 4.79 Å². The van der Waals surface area contributed by atoms with Crippen molar-refractivity contribution in [2.75, 3.05) is 5.32 Å². The molecular formula is C25H21N5O2S. The van der Waals surface area contributed by atoms with E-state index >= 15 is 0 Å². The Morgan fingerprint density at radius 2 is 1.76 bits per heavy atom. The van der Waals surface area contributed by atoms with Crippen molar-refractivity contribution in [3.8, 4) is 0 Å². The maximum absolute atomic E-state index is 12.9. The third-order valence-corrected chi connectivity index (χ3v) is 6.63. The molecule has 164 valence electrons. The Kier molecular flexibility index (Phi) is 5.43. The van der Waals surface area contributed by atoms with Crippen LogP contribution in [0.4, 0.5) is 11.4 Å². The van der Waals surface area contributed by atoms with E-state index < -0.39 is 5.91 Å². The van der Waals surface area contributed by atoms with Gasteiger partial charge < -0.3 is 5.32 Å². The second-order valence-electron chi connectivity index (χ2n) is 7.59. The van der Waals surface area contributed by atoms with Crippen LogP contribution in [0.2, 0.25) is 0 Å². The number of benzene rings is 3. The molecule has 1 amide bonds. The number of fused-ring (bicyclic) bond motifs is 3. The number of hydrogen-bond donors (Lipinski definition) is 2. The first kappa shape index (κ1) is 21.0. The van der Waals surface area contributed by atoms with E-state index in [4.69, 9.17) is 0 Å². The number of amides is 1. The Balaban J connectivity index is 1.41. The van der Waals surface area contributed by atoms with Gasteiger partial charge in [0.2, 0.25) is 0 Å². The largest absolute Gasteiger partial charge is 0.354 e. The standard InChI is InChI=1S/C25H21N5O2S/c1-3-30-25(32)18-9-5-4-8-17(18)23(29-30)24(31)28-27-15(2)16-12-13-22-20(14-16)26-19-10-6-7-11-21(19)33-22/h4-14,26H,3H2,1-2H3,(H,28,31). The summed E-state index contributed by atoms with van der Waals surface area (Å²) in [7, 11) is 0. The van der Waals surface area contributed by atoms with Crippen molar-refractivity contribution in [2.45, 2.75) is 30.2 Å². The zero-order valence-corrected chi connectivity index (χ0v) is 18.9. The van der Waals surface area contributed by atoms with Crippen LogP contribution in [-0.2, 0) is 6.54 Å². The van der Waals surface area contributed by atoms with Gasteiger partial charge in [0.15, 0.2) is 5.69 Å². The Hall–Kier alpha value is -3.91. The molecule has 1 aromatic heterocycles. The molecule has 2 heterocycles. The van der Waals surface area contributed by atoms with Crippen molar-refractivity contribution in [3.05, 3.63) is 88.3 Å². The van der Waals surface area contributed by atoms with E-state index in [0.29, 0.717) is 23.0 Å². The molecule has 0 saturated heterocycles. The van der Waals surface area contributed by atoms with Crippen molar-refractivity contribution in [1.82, 2.24) is 15.2 Å². The van der Waals surface area contributed by atoms with Crippen molar-refractivity contribution in [2.24, 2.45) is 5.10 Å². The lowest BCUT2D eigenvalue weighted by molar-refractivity contribution is 0.0949. The van der Waals surface area contributed by atoms with Gasteiger partial charge in [-0.05, 0) is 49.7 Å². The van der Waals surface area contributed by atoms with Gasteiger partial charge in [0.05, 0.1) is 22.5 Å². The highest BCUT2D eigenvalue weighted by molar-refractivity contribution is 7.99. The van der Waals surface area contributed by atoms with Crippen LogP contribution in [0.5, 0.6) is 0 Å². The number of para-hydroxylation sites is 1. The Morgan fingerprint density at radius 1 is 1.03 bits per heavy atom. The Labute approximate surface area is 194 Å². The van der Waals surface area contributed by atoms with Crippen LogP contribution in [0.25, 0.3) is 10.8 Å². The zero-order chi connectivity index (χ0) is 22.9. The van der Waals surface area contributed by atoms with Gasteiger partial charge in [-0.15, -0.1) is 0 Å². The molecule has 7 nitrogen and oxygen atoms in total. The number of carbonyl (C=O) groups is 1. The van der Waals surface area contributed by atoms with Crippen LogP contribution in [-0.4, -0.2) is 21.4 Å². The maximum atomic E-state index is 12.9. The summed E-state index contributed by atoms with van der Waals surface area (Å²) in [5.41, 5.74) is 6.17. The zero-order valence-electron chi connectivity index (χ0n) is 18.1. The van der Waals surface area contributed by atoms with Crippen LogP contribution < -0.4 is 16.3 Å². The fourth-order valence-corrected chi connectivity index (χ4v) is 4.70. The molecular weight excluding hydrogens is 434 g/mol. The smallest absolute Gasteiger partial charge is 0.292 e. The predicted octanol–water partition coefficient (Wildman–Crippen LogP) is 4.78. The molecule has 0 unspecified atom stereocenters. The SMILES string of the molecule is CCn1nc(C(=O)NN=C(C)c2ccc3c(c2)Nc2ccccc2S3)c2ccccc2c1=O. The minimum Gasteiger partial charge on any atom is -0.354 e. The van der Waals surface area contributed by atoms with Crippen LogP contribution >= 0.6 is 11.8 Å². The highest BCUT2D eigenvalue weighted by atomic mass is 32.2. The van der Waals surface area contributed by atoms with Gasteiger partial charge in [-0.2, -0.15) is 10.2 Å². The number of nitrogens with zero attached hydrogens (tertiary/aromatic N) is 3. The molecule has 0 spiro atoms. The van der Waals surface area contributed by atoms with Crippen LogP contribution in [0.3, 0.4) is 0 Å². The topological polar surface area (TPSA) is 88.4 Å². The van der Waals surface area contributed by atoms with Gasteiger partial charge in [-0.25, -0.2) is 10.1 Å². The van der Waals surface area contributed by atoms with E-state index in [1.54, 1.807) is 36.0 Å². The number of anilines is 2. The average molecular weight is 456 g/mol. The summed E-state index contributed by atoms with van der Waals surface area (Å²) >= 11 is 1.72. The first-order chi connectivity index (χ1) is 16.0. The van der Waals surface area contributed by atoms with E-state index in [2.05, 4.69) is 27.0 Å². The molecule has 33 heavy (non-hydrogen) atoms. The molecule has 3 aromatic carbocycles. The third kappa shape index (κ3) is 3.89. The molecule has 0 aliphatic carbocycles. The van der Waals surface area contributed by atoms with Crippen molar-refractivity contribution >= 4 is 45.5 Å². The summed E-state index contributed by atoms with van der Waals surface area (Å²) in [6, 6.07) is 21.2. The van der Waals surface area contributed by atoms with E-state index in [1.807, 2.05) is 50.2 Å². The van der Waals surface area contributed by atoms with E-state index in [1.165, 1.54) is 9.58 Å². The highest BCUT2D eigenvalue weighted by Crippen LogP contribution is 2.44. The maximum Gasteiger partial charge on any atom is 0.292 e. The summed E-state index contributed by atoms with van der Waals surface area (Å²) < 4.78 is 1.29. The minimum absolute atomic E-state index is 0.170. The first-order valence-electron chi connectivity index (χ1n) is 10.6. The van der Waals surface area contributed by atoms with Gasteiger partial charge in [0.1, 0.15) is 0 Å². The molecule has 0 radical (unpaired) electrons. The lowest BCUT2D eigenvalue weighted by Gasteiger charge is -2.21. The van der Waals surface area contributed by atoms with Crippen LogP contribution in [0, 0.1) is 0 Å². The van der Waals surface area contributed by atoms with Crippen molar-refractivity contribution in [1.29, 1.82) is 0 Å². The van der Waals surface area contributed by atoms with Gasteiger partial charge in [0.25, 0.3) is 11.5 Å². The number of aryl methyl sites for hydroxylation is 1. The molecule has 0 fully saturated rings. The van der Waals surface area contributed by atoms with Gasteiger partial charge in [-0.1, -0.05) is 48.2 Å². The summed E-state index contributed by atoms with van der Waals surface area (Å²) in [4.78, 5) is 27.8. The van der Waals surface area contributed by atoms with Crippen molar-refractivity contribution in [3.63, 3.8) is 0 Å². The minimum atomic E-state index is -0.465. The predicted molar refractivity (Wildman–Crippen MR) is 132 cm³/mol. The fraction of sp³-hybridized carbons (Fsp3) is 0.120. The van der Waals surface area contributed by atoms with Gasteiger partial charge in [0, 0.05) is 21.7 Å². The highest BCUT2D eigenvalue weighted by Gasteiger charge is 2.18.